The number of hydrogen-bond donors (Lipinski definition) is 2. The number of rotatable bonds is 5. The average Bonchev–Trinajstić information content (AvgIpc) is 2.28. The lowest BCUT2D eigenvalue weighted by atomic mass is 9.78. The smallest absolute Gasteiger partial charge is 0.406 e. The van der Waals surface area contributed by atoms with Crippen molar-refractivity contribution in [2.45, 2.75) is 39.6 Å². The van der Waals surface area contributed by atoms with Crippen LogP contribution < -0.4 is 16.0 Å². The second kappa shape index (κ2) is 5.79. The third-order valence-electron chi connectivity index (χ3n) is 3.28. The number of hydrazine groups is 1. The van der Waals surface area contributed by atoms with E-state index in [2.05, 4.69) is 10.2 Å². The van der Waals surface area contributed by atoms with Crippen LogP contribution in [0.4, 0.5) is 13.2 Å². The van der Waals surface area contributed by atoms with Gasteiger partial charge < -0.3 is 4.74 Å². The van der Waals surface area contributed by atoms with Crippen LogP contribution in [0.1, 0.15) is 38.8 Å². The van der Waals surface area contributed by atoms with Gasteiger partial charge in [-0.25, -0.2) is 0 Å². The van der Waals surface area contributed by atoms with Crippen molar-refractivity contribution in [3.05, 3.63) is 29.8 Å². The molecule has 0 radical (unpaired) electrons. The van der Waals surface area contributed by atoms with Crippen LogP contribution in [0, 0.1) is 5.41 Å². The van der Waals surface area contributed by atoms with E-state index in [9.17, 15) is 13.2 Å². The standard InChI is InChI=1S/C13H19F3N2O/c1-4-12(2,3)11(18-17)9-6-5-7-10(8-9)19-13(14,15)16/h5-8,11,18H,4,17H2,1-3H3. The molecule has 0 aliphatic carbocycles. The van der Waals surface area contributed by atoms with Gasteiger partial charge in [-0.15, -0.1) is 13.2 Å². The lowest BCUT2D eigenvalue weighted by Gasteiger charge is -2.33. The first kappa shape index (κ1) is 15.8. The van der Waals surface area contributed by atoms with E-state index in [-0.39, 0.29) is 17.2 Å². The summed E-state index contributed by atoms with van der Waals surface area (Å²) in [6.45, 7) is 5.99. The Morgan fingerprint density at radius 2 is 1.95 bits per heavy atom. The maximum absolute atomic E-state index is 12.2. The molecular weight excluding hydrogens is 257 g/mol. The number of nitrogens with one attached hydrogen (secondary N) is 1. The van der Waals surface area contributed by atoms with Gasteiger partial charge in [0.2, 0.25) is 0 Å². The van der Waals surface area contributed by atoms with E-state index in [1.807, 2.05) is 20.8 Å². The van der Waals surface area contributed by atoms with Crippen LogP contribution in [0.2, 0.25) is 0 Å². The minimum atomic E-state index is -4.69. The molecular formula is C13H19F3N2O. The van der Waals surface area contributed by atoms with Gasteiger partial charge in [-0.1, -0.05) is 32.9 Å². The van der Waals surface area contributed by atoms with Crippen LogP contribution in [-0.4, -0.2) is 6.36 Å². The van der Waals surface area contributed by atoms with Gasteiger partial charge in [0.25, 0.3) is 0 Å². The Morgan fingerprint density at radius 3 is 2.42 bits per heavy atom. The summed E-state index contributed by atoms with van der Waals surface area (Å²) in [5.41, 5.74) is 3.14. The van der Waals surface area contributed by atoms with Crippen molar-refractivity contribution in [3.8, 4) is 5.75 Å². The molecule has 0 fully saturated rings. The Hall–Kier alpha value is -1.27. The molecule has 0 aromatic heterocycles. The molecule has 0 saturated carbocycles. The molecule has 0 aliphatic rings. The highest BCUT2D eigenvalue weighted by atomic mass is 19.4. The molecule has 1 rings (SSSR count). The Balaban J connectivity index is 3.03. The third kappa shape index (κ3) is 4.40. The molecule has 0 spiro atoms. The molecule has 0 amide bonds. The fourth-order valence-electron chi connectivity index (χ4n) is 1.87. The minimum absolute atomic E-state index is 0.189. The van der Waals surface area contributed by atoms with Crippen LogP contribution in [-0.2, 0) is 0 Å². The summed E-state index contributed by atoms with van der Waals surface area (Å²) in [7, 11) is 0. The fourth-order valence-corrected chi connectivity index (χ4v) is 1.87. The Kier molecular flexibility index (Phi) is 4.81. The molecule has 19 heavy (non-hydrogen) atoms. The van der Waals surface area contributed by atoms with Crippen molar-refractivity contribution in [1.29, 1.82) is 0 Å². The molecule has 1 aromatic rings. The van der Waals surface area contributed by atoms with Crippen LogP contribution >= 0.6 is 0 Å². The van der Waals surface area contributed by atoms with Gasteiger partial charge in [0.15, 0.2) is 0 Å². The summed E-state index contributed by atoms with van der Waals surface area (Å²) in [6.07, 6.45) is -3.86. The topological polar surface area (TPSA) is 47.3 Å². The van der Waals surface area contributed by atoms with Crippen molar-refractivity contribution in [2.75, 3.05) is 0 Å². The largest absolute Gasteiger partial charge is 0.573 e. The first-order valence-electron chi connectivity index (χ1n) is 6.01. The van der Waals surface area contributed by atoms with E-state index < -0.39 is 6.36 Å². The maximum atomic E-state index is 12.2. The number of hydrogen-bond acceptors (Lipinski definition) is 3. The molecule has 0 saturated heterocycles. The van der Waals surface area contributed by atoms with Crippen molar-refractivity contribution < 1.29 is 17.9 Å². The van der Waals surface area contributed by atoms with Crippen LogP contribution in [0.5, 0.6) is 5.75 Å². The summed E-state index contributed by atoms with van der Waals surface area (Å²) in [6, 6.07) is 5.62. The van der Waals surface area contributed by atoms with Gasteiger partial charge in [-0.3, -0.25) is 11.3 Å². The Labute approximate surface area is 110 Å². The molecule has 108 valence electrons. The monoisotopic (exact) mass is 276 g/mol. The van der Waals surface area contributed by atoms with Crippen LogP contribution in [0.25, 0.3) is 0 Å². The third-order valence-corrected chi connectivity index (χ3v) is 3.28. The summed E-state index contributed by atoms with van der Waals surface area (Å²) in [5, 5.41) is 0. The lowest BCUT2D eigenvalue weighted by Crippen LogP contribution is -2.38. The fraction of sp³-hybridized carbons (Fsp3) is 0.538. The summed E-state index contributed by atoms with van der Waals surface area (Å²) in [5.74, 6) is 5.29. The van der Waals surface area contributed by atoms with Crippen molar-refractivity contribution in [1.82, 2.24) is 5.43 Å². The molecule has 3 nitrogen and oxygen atoms in total. The molecule has 1 aromatic carbocycles. The summed E-state index contributed by atoms with van der Waals surface area (Å²) >= 11 is 0. The van der Waals surface area contributed by atoms with E-state index in [4.69, 9.17) is 5.84 Å². The predicted octanol–water partition coefficient (Wildman–Crippen LogP) is 3.53. The van der Waals surface area contributed by atoms with Crippen molar-refractivity contribution in [2.24, 2.45) is 11.3 Å². The van der Waals surface area contributed by atoms with E-state index in [0.717, 1.165) is 6.42 Å². The first-order valence-corrected chi connectivity index (χ1v) is 6.01. The summed E-state index contributed by atoms with van der Waals surface area (Å²) < 4.78 is 40.5. The number of benzene rings is 1. The van der Waals surface area contributed by atoms with Gasteiger partial charge in [0.05, 0.1) is 6.04 Å². The maximum Gasteiger partial charge on any atom is 0.573 e. The zero-order valence-electron chi connectivity index (χ0n) is 11.2. The van der Waals surface area contributed by atoms with E-state index >= 15 is 0 Å². The SMILES string of the molecule is CCC(C)(C)C(NN)c1cccc(OC(F)(F)F)c1. The van der Waals surface area contributed by atoms with E-state index in [1.165, 1.54) is 18.2 Å². The Bertz CT molecular complexity index is 419. The van der Waals surface area contributed by atoms with Gasteiger partial charge >= 0.3 is 6.36 Å². The molecule has 0 aliphatic heterocycles. The Morgan fingerprint density at radius 1 is 1.32 bits per heavy atom. The van der Waals surface area contributed by atoms with E-state index in [0.29, 0.717) is 5.56 Å². The van der Waals surface area contributed by atoms with Gasteiger partial charge in [-0.2, -0.15) is 0 Å². The molecule has 3 N–H and O–H groups in total. The highest BCUT2D eigenvalue weighted by Gasteiger charge is 2.32. The average molecular weight is 276 g/mol. The van der Waals surface area contributed by atoms with Crippen molar-refractivity contribution in [3.63, 3.8) is 0 Å². The number of halogens is 3. The minimum Gasteiger partial charge on any atom is -0.406 e. The molecule has 6 heteroatoms. The van der Waals surface area contributed by atoms with Gasteiger partial charge in [-0.05, 0) is 29.5 Å². The predicted molar refractivity (Wildman–Crippen MR) is 67.3 cm³/mol. The molecule has 0 bridgehead atoms. The normalized spacial score (nSPS) is 14.3. The van der Waals surface area contributed by atoms with E-state index in [1.54, 1.807) is 6.07 Å². The molecule has 0 heterocycles. The van der Waals surface area contributed by atoms with Crippen LogP contribution in [0.3, 0.4) is 0 Å². The highest BCUT2D eigenvalue weighted by molar-refractivity contribution is 5.31. The lowest BCUT2D eigenvalue weighted by molar-refractivity contribution is -0.274. The number of alkyl halides is 3. The van der Waals surface area contributed by atoms with Crippen LogP contribution in [0.15, 0.2) is 24.3 Å². The molecule has 1 atom stereocenters. The first-order chi connectivity index (χ1) is 8.69. The quantitative estimate of drug-likeness (QED) is 0.639. The number of nitrogens with two attached hydrogens (primary N) is 1. The van der Waals surface area contributed by atoms with Crippen molar-refractivity contribution >= 4 is 0 Å². The zero-order chi connectivity index (χ0) is 14.7. The van der Waals surface area contributed by atoms with Gasteiger partial charge in [0, 0.05) is 0 Å². The highest BCUT2D eigenvalue weighted by Crippen LogP contribution is 2.37. The number of ether oxygens (including phenoxy) is 1. The zero-order valence-corrected chi connectivity index (χ0v) is 11.2. The van der Waals surface area contributed by atoms with Gasteiger partial charge in [0.1, 0.15) is 5.75 Å². The summed E-state index contributed by atoms with van der Waals surface area (Å²) in [4.78, 5) is 0. The second-order valence-electron chi connectivity index (χ2n) is 5.06. The molecule has 1 unspecified atom stereocenters. The second-order valence-corrected chi connectivity index (χ2v) is 5.06.